The van der Waals surface area contributed by atoms with Crippen molar-refractivity contribution >= 4 is 15.2 Å². The second-order valence-corrected chi connectivity index (χ2v) is 3.87. The highest BCUT2D eigenvalue weighted by atomic mass is 32.2. The van der Waals surface area contributed by atoms with Gasteiger partial charge in [0.25, 0.3) is 0 Å². The Morgan fingerprint density at radius 3 is 2.38 bits per heavy atom. The third-order valence-electron chi connectivity index (χ3n) is 0.716. The molecule has 0 radical (unpaired) electrons. The van der Waals surface area contributed by atoms with Gasteiger partial charge >= 0.3 is 0 Å². The number of rotatable bonds is 2. The molecular formula is C5H12O2S. The van der Waals surface area contributed by atoms with E-state index in [1.807, 2.05) is 6.92 Å². The van der Waals surface area contributed by atoms with Crippen molar-refractivity contribution in [2.24, 2.45) is 0 Å². The minimum Gasteiger partial charge on any atom is -0.314 e. The molecule has 1 unspecified atom stereocenters. The average Bonchev–Trinajstić information content (AvgIpc) is 1.59. The lowest BCUT2D eigenvalue weighted by Gasteiger charge is -1.89. The first-order valence-electron chi connectivity index (χ1n) is 2.61. The predicted octanol–water partition coefficient (Wildman–Crippen LogP) is 0.976. The normalized spacial score (nSPS) is 17.4. The van der Waals surface area contributed by atoms with E-state index in [9.17, 15) is 4.21 Å². The van der Waals surface area contributed by atoms with Crippen LogP contribution < -0.4 is 0 Å². The maximum atomic E-state index is 10.4. The summed E-state index contributed by atoms with van der Waals surface area (Å²) >= 11 is 0. The highest BCUT2D eigenvalue weighted by molar-refractivity contribution is 7.95. The lowest BCUT2D eigenvalue weighted by molar-refractivity contribution is 0.566. The minimum atomic E-state index is -2.56. The Morgan fingerprint density at radius 2 is 2.25 bits per heavy atom. The maximum absolute atomic E-state index is 10.4. The summed E-state index contributed by atoms with van der Waals surface area (Å²) < 4.78 is 19.1. The van der Waals surface area contributed by atoms with Gasteiger partial charge in [-0.15, -0.1) is 0 Å². The second kappa shape index (κ2) is 3.10. The van der Waals surface area contributed by atoms with Crippen molar-refractivity contribution in [1.82, 2.24) is 0 Å². The molecule has 0 aliphatic carbocycles. The molecule has 2 nitrogen and oxygen atoms in total. The Labute approximate surface area is 50.7 Å². The van der Waals surface area contributed by atoms with E-state index in [-0.39, 0.29) is 0 Å². The largest absolute Gasteiger partial charge is 0.314 e. The molecule has 1 atom stereocenters. The first-order valence-corrected chi connectivity index (χ1v) is 4.59. The molecule has 0 saturated carbocycles. The molecule has 0 aliphatic heterocycles. The molecule has 0 fully saturated rings. The smallest absolute Gasteiger partial charge is 0.0747 e. The van der Waals surface area contributed by atoms with E-state index in [2.05, 4.69) is 0 Å². The van der Waals surface area contributed by atoms with E-state index >= 15 is 0 Å². The third-order valence-corrected chi connectivity index (χ3v) is 1.57. The van der Waals surface area contributed by atoms with E-state index in [1.54, 1.807) is 0 Å². The number of hydrogen-bond donors (Lipinski definition) is 1. The van der Waals surface area contributed by atoms with Gasteiger partial charge in [0.1, 0.15) is 0 Å². The molecule has 0 aromatic carbocycles. The Bertz CT molecular complexity index is 146. The summed E-state index contributed by atoms with van der Waals surface area (Å²) in [6.07, 6.45) is 2.99. The molecule has 0 aromatic heterocycles. The standard InChI is InChI=1S/C5H12O2S/c1-3-4-5-8(2,6)7/h5H,3-4H2,1-2H3,(H,6,7). The highest BCUT2D eigenvalue weighted by Gasteiger charge is 1.85. The summed E-state index contributed by atoms with van der Waals surface area (Å²) in [5, 5.41) is 1.45. The van der Waals surface area contributed by atoms with E-state index < -0.39 is 9.80 Å². The van der Waals surface area contributed by atoms with Crippen LogP contribution in [0.15, 0.2) is 0 Å². The SMILES string of the molecule is CCCC=S(C)(=O)O. The lowest BCUT2D eigenvalue weighted by atomic mass is 10.4. The molecule has 0 heterocycles. The van der Waals surface area contributed by atoms with E-state index in [4.69, 9.17) is 4.55 Å². The molecule has 0 spiro atoms. The van der Waals surface area contributed by atoms with Gasteiger partial charge in [0.05, 0.1) is 9.80 Å². The minimum absolute atomic E-state index is 0.728. The van der Waals surface area contributed by atoms with Gasteiger partial charge in [-0.3, -0.25) is 0 Å². The van der Waals surface area contributed by atoms with Crippen LogP contribution in [0.25, 0.3) is 0 Å². The monoisotopic (exact) mass is 136 g/mol. The van der Waals surface area contributed by atoms with Gasteiger partial charge in [-0.1, -0.05) is 13.3 Å². The second-order valence-electron chi connectivity index (χ2n) is 1.82. The molecule has 1 N–H and O–H groups in total. The first-order chi connectivity index (χ1) is 3.56. The quantitative estimate of drug-likeness (QED) is 0.574. The molecule has 0 aliphatic rings. The number of hydrogen-bond acceptors (Lipinski definition) is 1. The summed E-state index contributed by atoms with van der Waals surface area (Å²) in [6, 6.07) is 0. The van der Waals surface area contributed by atoms with Gasteiger partial charge in [-0.05, 0) is 11.8 Å². The highest BCUT2D eigenvalue weighted by Crippen LogP contribution is 1.83. The van der Waals surface area contributed by atoms with Crippen molar-refractivity contribution in [2.75, 3.05) is 6.26 Å². The van der Waals surface area contributed by atoms with Crippen LogP contribution >= 0.6 is 0 Å². The fourth-order valence-corrected chi connectivity index (χ4v) is 1.01. The van der Waals surface area contributed by atoms with Crippen molar-refractivity contribution in [2.45, 2.75) is 19.8 Å². The molecular weight excluding hydrogens is 124 g/mol. The Balaban J connectivity index is 3.78. The van der Waals surface area contributed by atoms with Gasteiger partial charge in [-0.25, -0.2) is 4.21 Å². The molecule has 50 valence electrons. The topological polar surface area (TPSA) is 37.3 Å². The van der Waals surface area contributed by atoms with E-state index in [0.29, 0.717) is 0 Å². The van der Waals surface area contributed by atoms with Crippen LogP contribution in [0.2, 0.25) is 0 Å². The van der Waals surface area contributed by atoms with E-state index in [1.165, 1.54) is 11.6 Å². The van der Waals surface area contributed by atoms with Crippen LogP contribution in [-0.4, -0.2) is 20.4 Å². The van der Waals surface area contributed by atoms with Gasteiger partial charge in [0.2, 0.25) is 0 Å². The zero-order valence-electron chi connectivity index (χ0n) is 5.26. The fourth-order valence-electron chi connectivity index (χ4n) is 0.337. The molecule has 3 heteroatoms. The predicted molar refractivity (Wildman–Crippen MR) is 37.7 cm³/mol. The first kappa shape index (κ1) is 7.98. The molecule has 0 rings (SSSR count). The van der Waals surface area contributed by atoms with Crippen LogP contribution in [-0.2, 0) is 9.80 Å². The van der Waals surface area contributed by atoms with Crippen molar-refractivity contribution in [1.29, 1.82) is 0 Å². The Morgan fingerprint density at radius 1 is 1.75 bits per heavy atom. The summed E-state index contributed by atoms with van der Waals surface area (Å²) in [5.41, 5.74) is 0. The Hall–Kier alpha value is -0.0200. The summed E-state index contributed by atoms with van der Waals surface area (Å²) in [4.78, 5) is 0. The third kappa shape index (κ3) is 5.98. The van der Waals surface area contributed by atoms with Crippen molar-refractivity contribution in [3.05, 3.63) is 0 Å². The van der Waals surface area contributed by atoms with Crippen molar-refractivity contribution in [3.8, 4) is 0 Å². The van der Waals surface area contributed by atoms with Crippen molar-refractivity contribution < 1.29 is 8.76 Å². The fraction of sp³-hybridized carbons (Fsp3) is 0.800. The molecule has 0 bridgehead atoms. The van der Waals surface area contributed by atoms with Crippen LogP contribution in [0.5, 0.6) is 0 Å². The van der Waals surface area contributed by atoms with Gasteiger partial charge in [0.15, 0.2) is 0 Å². The van der Waals surface area contributed by atoms with Gasteiger partial charge in [0, 0.05) is 6.26 Å². The van der Waals surface area contributed by atoms with Gasteiger partial charge in [-0.2, -0.15) is 0 Å². The Kier molecular flexibility index (Phi) is 3.09. The van der Waals surface area contributed by atoms with Crippen LogP contribution in [0, 0.1) is 0 Å². The summed E-state index contributed by atoms with van der Waals surface area (Å²) in [7, 11) is -2.56. The summed E-state index contributed by atoms with van der Waals surface area (Å²) in [6.45, 7) is 1.97. The number of unbranched alkanes of at least 4 members (excludes halogenated alkanes) is 1. The zero-order valence-corrected chi connectivity index (χ0v) is 6.07. The molecule has 0 aromatic rings. The van der Waals surface area contributed by atoms with Crippen LogP contribution in [0.1, 0.15) is 19.8 Å². The van der Waals surface area contributed by atoms with E-state index in [0.717, 1.165) is 12.8 Å². The lowest BCUT2D eigenvalue weighted by Crippen LogP contribution is -1.96. The molecule has 0 saturated heterocycles. The van der Waals surface area contributed by atoms with Gasteiger partial charge < -0.3 is 4.55 Å². The summed E-state index contributed by atoms with van der Waals surface area (Å²) in [5.74, 6) is 0. The van der Waals surface area contributed by atoms with Crippen LogP contribution in [0.3, 0.4) is 0 Å². The average molecular weight is 136 g/mol. The van der Waals surface area contributed by atoms with Crippen molar-refractivity contribution in [3.63, 3.8) is 0 Å². The molecule has 8 heavy (non-hydrogen) atoms. The maximum Gasteiger partial charge on any atom is 0.0747 e. The zero-order chi connectivity index (χ0) is 6.62. The van der Waals surface area contributed by atoms with Crippen LogP contribution in [0.4, 0.5) is 0 Å². The molecule has 0 amide bonds.